The molecule has 2 fully saturated rings. The predicted octanol–water partition coefficient (Wildman–Crippen LogP) is 1.80. The second-order valence-corrected chi connectivity index (χ2v) is 12.2. The van der Waals surface area contributed by atoms with E-state index in [0.717, 1.165) is 16.8 Å². The Morgan fingerprint density at radius 3 is 2.59 bits per heavy atom. The fourth-order valence-electron chi connectivity index (χ4n) is 5.71. The first kappa shape index (κ1) is 27.5. The van der Waals surface area contributed by atoms with Gasteiger partial charge in [0.05, 0.1) is 37.4 Å². The van der Waals surface area contributed by atoms with Gasteiger partial charge in [0.1, 0.15) is 28.6 Å². The molecule has 2 aliphatic heterocycles. The van der Waals surface area contributed by atoms with Gasteiger partial charge in [-0.25, -0.2) is 22.5 Å². The Bertz CT molecular complexity index is 1570. The highest BCUT2D eigenvalue weighted by atomic mass is 32.2. The van der Waals surface area contributed by atoms with E-state index >= 15 is 0 Å². The molecule has 2 aromatic heterocycles. The maximum Gasteiger partial charge on any atom is 0.318 e. The molecular weight excluding hydrogens is 553 g/mol. The summed E-state index contributed by atoms with van der Waals surface area (Å²) in [5.41, 5.74) is 1.58. The first-order chi connectivity index (χ1) is 19.8. The number of pyridine rings is 1. The van der Waals surface area contributed by atoms with Crippen molar-refractivity contribution in [1.82, 2.24) is 19.1 Å². The molecule has 0 radical (unpaired) electrons. The molecule has 3 aliphatic rings. The molecule has 0 unspecified atom stereocenters. The molecule has 0 spiro atoms. The highest BCUT2D eigenvalue weighted by molar-refractivity contribution is 7.89. The second kappa shape index (κ2) is 11.0. The Labute approximate surface area is 236 Å². The van der Waals surface area contributed by atoms with E-state index in [-0.39, 0.29) is 43.4 Å². The third kappa shape index (κ3) is 5.03. The summed E-state index contributed by atoms with van der Waals surface area (Å²) in [6, 6.07) is 9.16. The maximum absolute atomic E-state index is 13.8. The van der Waals surface area contributed by atoms with Crippen LogP contribution in [-0.2, 0) is 30.7 Å². The molecule has 1 aromatic carbocycles. The molecule has 11 nitrogen and oxygen atoms in total. The van der Waals surface area contributed by atoms with Crippen molar-refractivity contribution in [3.8, 4) is 5.69 Å². The molecule has 1 N–H and O–H groups in total. The van der Waals surface area contributed by atoms with Crippen LogP contribution in [-0.4, -0.2) is 91.2 Å². The van der Waals surface area contributed by atoms with E-state index in [0.29, 0.717) is 44.2 Å². The van der Waals surface area contributed by atoms with Crippen molar-refractivity contribution in [3.63, 3.8) is 0 Å². The Balaban J connectivity index is 1.31. The van der Waals surface area contributed by atoms with Crippen LogP contribution in [0.1, 0.15) is 17.7 Å². The molecule has 3 aromatic rings. The molecule has 0 amide bonds. The Morgan fingerprint density at radius 1 is 1.10 bits per heavy atom. The lowest BCUT2D eigenvalue weighted by Crippen LogP contribution is -2.53. The summed E-state index contributed by atoms with van der Waals surface area (Å²) >= 11 is 0. The fourth-order valence-corrected chi connectivity index (χ4v) is 7.16. The third-order valence-corrected chi connectivity index (χ3v) is 9.69. The SMILES string of the molecule is O=C(OCCO)[C@]12Cc3cnn(-c4ccc(F)cc4)c3C=C1CCN(S(=O)(=O)c1ccc(N3CCOCC3)nc1)C2. The number of halogens is 1. The molecule has 216 valence electrons. The van der Waals surface area contributed by atoms with Crippen LogP contribution in [0.3, 0.4) is 0 Å². The van der Waals surface area contributed by atoms with Gasteiger partial charge >= 0.3 is 5.97 Å². The van der Waals surface area contributed by atoms with Gasteiger partial charge in [-0.3, -0.25) is 4.79 Å². The predicted molar refractivity (Wildman–Crippen MR) is 146 cm³/mol. The molecule has 1 aliphatic carbocycles. The summed E-state index contributed by atoms with van der Waals surface area (Å²) in [5.74, 6) is -0.282. The molecule has 13 heteroatoms. The normalized spacial score (nSPS) is 21.1. The number of nitrogens with zero attached hydrogens (tertiary/aromatic N) is 5. The number of esters is 1. The molecule has 0 bridgehead atoms. The summed E-state index contributed by atoms with van der Waals surface area (Å²) in [7, 11) is -3.98. The highest BCUT2D eigenvalue weighted by Gasteiger charge is 2.52. The number of anilines is 1. The third-order valence-electron chi connectivity index (χ3n) is 7.86. The van der Waals surface area contributed by atoms with Crippen LogP contribution in [0.5, 0.6) is 0 Å². The lowest BCUT2D eigenvalue weighted by Gasteiger charge is -2.44. The number of fused-ring (bicyclic) bond motifs is 2. The van der Waals surface area contributed by atoms with Gasteiger partial charge < -0.3 is 19.5 Å². The number of piperidine rings is 1. The van der Waals surface area contributed by atoms with E-state index in [1.54, 1.807) is 35.1 Å². The first-order valence-corrected chi connectivity index (χ1v) is 14.9. The van der Waals surface area contributed by atoms with Crippen molar-refractivity contribution in [2.75, 3.05) is 57.5 Å². The van der Waals surface area contributed by atoms with Gasteiger partial charge in [0.25, 0.3) is 0 Å². The van der Waals surface area contributed by atoms with E-state index in [2.05, 4.69) is 10.1 Å². The monoisotopic (exact) mass is 583 g/mol. The number of ether oxygens (including phenoxy) is 2. The number of hydrogen-bond donors (Lipinski definition) is 1. The Kier molecular flexibility index (Phi) is 7.36. The van der Waals surface area contributed by atoms with E-state index in [4.69, 9.17) is 9.47 Å². The van der Waals surface area contributed by atoms with Gasteiger partial charge in [-0.05, 0) is 66.5 Å². The molecule has 41 heavy (non-hydrogen) atoms. The topological polar surface area (TPSA) is 127 Å². The van der Waals surface area contributed by atoms with Gasteiger partial charge in [-0.15, -0.1) is 0 Å². The van der Waals surface area contributed by atoms with Crippen molar-refractivity contribution in [3.05, 3.63) is 71.4 Å². The van der Waals surface area contributed by atoms with Gasteiger partial charge in [-0.1, -0.05) is 0 Å². The number of aromatic nitrogens is 3. The van der Waals surface area contributed by atoms with Crippen LogP contribution in [0.2, 0.25) is 0 Å². The average molecular weight is 584 g/mol. The number of carbonyl (C=O) groups excluding carboxylic acids is 1. The Morgan fingerprint density at radius 2 is 1.88 bits per heavy atom. The van der Waals surface area contributed by atoms with E-state index in [9.17, 15) is 22.7 Å². The zero-order valence-electron chi connectivity index (χ0n) is 22.3. The number of aliphatic hydroxyl groups excluding tert-OH is 1. The number of benzene rings is 1. The van der Waals surface area contributed by atoms with E-state index in [1.807, 2.05) is 11.0 Å². The fraction of sp³-hybridized carbons (Fsp3) is 0.393. The van der Waals surface area contributed by atoms with Crippen molar-refractivity contribution < 1.29 is 32.2 Å². The van der Waals surface area contributed by atoms with E-state index < -0.39 is 21.4 Å². The summed E-state index contributed by atoms with van der Waals surface area (Å²) < 4.78 is 54.9. The molecule has 1 atom stereocenters. The standard InChI is InChI=1S/C28H30FN5O6S/c29-22-1-3-23(4-2-22)34-25-15-21-7-8-33(19-28(21,16-20(25)17-31-34)27(36)40-14-11-35)41(37,38)24-5-6-26(30-18-24)32-9-12-39-13-10-32/h1-6,15,17-18,35H,7-14,16,19H2/t28-/m0/s1. The van der Waals surface area contributed by atoms with Crippen LogP contribution in [0, 0.1) is 11.2 Å². The number of carbonyl (C=O) groups is 1. The minimum absolute atomic E-state index is 0.0430. The largest absolute Gasteiger partial charge is 0.463 e. The second-order valence-electron chi connectivity index (χ2n) is 10.3. The highest BCUT2D eigenvalue weighted by Crippen LogP contribution is 2.46. The number of aliphatic hydroxyl groups is 1. The van der Waals surface area contributed by atoms with Crippen molar-refractivity contribution in [2.24, 2.45) is 5.41 Å². The Hall–Kier alpha value is -3.65. The van der Waals surface area contributed by atoms with Crippen molar-refractivity contribution >= 4 is 27.9 Å². The smallest absolute Gasteiger partial charge is 0.318 e. The van der Waals surface area contributed by atoms with Crippen LogP contribution < -0.4 is 4.90 Å². The first-order valence-electron chi connectivity index (χ1n) is 13.4. The van der Waals surface area contributed by atoms with Gasteiger partial charge in [-0.2, -0.15) is 9.40 Å². The minimum Gasteiger partial charge on any atom is -0.463 e. The maximum atomic E-state index is 13.8. The summed E-state index contributed by atoms with van der Waals surface area (Å²) in [4.78, 5) is 20.1. The molecule has 6 rings (SSSR count). The van der Waals surface area contributed by atoms with Gasteiger partial charge in [0, 0.05) is 32.4 Å². The van der Waals surface area contributed by atoms with Crippen molar-refractivity contribution in [1.29, 1.82) is 0 Å². The molecule has 4 heterocycles. The number of hydrogen-bond acceptors (Lipinski definition) is 9. The lowest BCUT2D eigenvalue weighted by atomic mass is 9.69. The van der Waals surface area contributed by atoms with Crippen LogP contribution in [0.4, 0.5) is 10.2 Å². The summed E-state index contributed by atoms with van der Waals surface area (Å²) in [6.07, 6.45) is 5.31. The van der Waals surface area contributed by atoms with Crippen LogP contribution >= 0.6 is 0 Å². The van der Waals surface area contributed by atoms with Crippen molar-refractivity contribution in [2.45, 2.75) is 17.7 Å². The van der Waals surface area contributed by atoms with E-state index in [1.165, 1.54) is 22.6 Å². The molecule has 0 saturated carbocycles. The van der Waals surface area contributed by atoms with Crippen LogP contribution in [0.25, 0.3) is 11.8 Å². The number of sulfonamides is 1. The van der Waals surface area contributed by atoms with Crippen LogP contribution in [0.15, 0.2) is 59.3 Å². The van der Waals surface area contributed by atoms with Gasteiger partial charge in [0.15, 0.2) is 0 Å². The summed E-state index contributed by atoms with van der Waals surface area (Å²) in [5, 5.41) is 13.8. The van der Waals surface area contributed by atoms with Gasteiger partial charge in [0.2, 0.25) is 10.0 Å². The number of rotatable bonds is 7. The zero-order valence-corrected chi connectivity index (χ0v) is 23.1. The molecular formula is C28H30FN5O6S. The average Bonchev–Trinajstić information content (AvgIpc) is 3.41. The zero-order chi connectivity index (χ0) is 28.6. The lowest BCUT2D eigenvalue weighted by molar-refractivity contribution is -0.156. The molecule has 2 saturated heterocycles. The summed E-state index contributed by atoms with van der Waals surface area (Å²) in [6.45, 7) is 2.02. The minimum atomic E-state index is -3.98. The number of morpholine rings is 1. The quantitative estimate of drug-likeness (QED) is 0.414.